The first-order chi connectivity index (χ1) is 6.11. The second-order valence-electron chi connectivity index (χ2n) is 4.00. The summed E-state index contributed by atoms with van der Waals surface area (Å²) in [6, 6.07) is 0. The molecular formula is C9H14N4. The predicted molar refractivity (Wildman–Crippen MR) is 50.7 cm³/mol. The van der Waals surface area contributed by atoms with Crippen molar-refractivity contribution in [1.29, 1.82) is 0 Å². The van der Waals surface area contributed by atoms with E-state index in [-0.39, 0.29) is 0 Å². The molecule has 1 heterocycles. The van der Waals surface area contributed by atoms with Crippen molar-refractivity contribution in [3.05, 3.63) is 11.6 Å². The summed E-state index contributed by atoms with van der Waals surface area (Å²) in [4.78, 5) is 0. The Morgan fingerprint density at radius 3 is 2.31 bits per heavy atom. The monoisotopic (exact) mass is 178 g/mol. The van der Waals surface area contributed by atoms with E-state index in [1.165, 1.54) is 12.8 Å². The molecule has 1 aromatic rings. The lowest BCUT2D eigenvalue weighted by molar-refractivity contribution is 0.757. The first-order valence-corrected chi connectivity index (χ1v) is 4.55. The number of hydrogen-bond acceptors (Lipinski definition) is 3. The summed E-state index contributed by atoms with van der Waals surface area (Å²) >= 11 is 0. The molecule has 70 valence electrons. The molecule has 1 saturated carbocycles. The summed E-state index contributed by atoms with van der Waals surface area (Å²) < 4.78 is 1.78. The number of aromatic nitrogens is 3. The highest BCUT2D eigenvalue weighted by Gasteiger charge is 2.35. The summed E-state index contributed by atoms with van der Waals surface area (Å²) in [5.41, 5.74) is 0.336. The molecule has 0 N–H and O–H groups in total. The SMILES string of the molecule is Cc1nnc(C)n1/N=C/C1(C)CC1. The molecule has 4 nitrogen and oxygen atoms in total. The summed E-state index contributed by atoms with van der Waals surface area (Å²) in [6.45, 7) is 6.03. The fraction of sp³-hybridized carbons (Fsp3) is 0.667. The van der Waals surface area contributed by atoms with Crippen LogP contribution in [-0.2, 0) is 0 Å². The number of aryl methyl sites for hydroxylation is 2. The van der Waals surface area contributed by atoms with Gasteiger partial charge in [-0.2, -0.15) is 5.10 Å². The van der Waals surface area contributed by atoms with E-state index in [2.05, 4.69) is 22.2 Å². The Hall–Kier alpha value is -1.19. The fourth-order valence-corrected chi connectivity index (χ4v) is 1.15. The van der Waals surface area contributed by atoms with E-state index in [1.807, 2.05) is 20.1 Å². The maximum absolute atomic E-state index is 4.37. The third-order valence-electron chi connectivity index (χ3n) is 2.48. The Balaban J connectivity index is 2.21. The van der Waals surface area contributed by atoms with E-state index in [0.717, 1.165) is 11.6 Å². The summed E-state index contributed by atoms with van der Waals surface area (Å²) in [5.74, 6) is 1.69. The normalized spacial score (nSPS) is 19.6. The third kappa shape index (κ3) is 1.61. The lowest BCUT2D eigenvalue weighted by Crippen LogP contribution is -2.00. The van der Waals surface area contributed by atoms with Crippen LogP contribution in [0.1, 0.15) is 31.4 Å². The molecule has 0 amide bonds. The zero-order valence-corrected chi connectivity index (χ0v) is 8.28. The maximum atomic E-state index is 4.37. The predicted octanol–water partition coefficient (Wildman–Crippen LogP) is 1.53. The molecule has 0 spiro atoms. The summed E-state index contributed by atoms with van der Waals surface area (Å²) in [5, 5.41) is 12.2. The highest BCUT2D eigenvalue weighted by atomic mass is 15.4. The number of hydrogen-bond donors (Lipinski definition) is 0. The second-order valence-corrected chi connectivity index (χ2v) is 4.00. The van der Waals surface area contributed by atoms with Gasteiger partial charge in [-0.15, -0.1) is 10.2 Å². The average molecular weight is 178 g/mol. The van der Waals surface area contributed by atoms with Crippen LogP contribution in [0, 0.1) is 19.3 Å². The van der Waals surface area contributed by atoms with Crippen molar-refractivity contribution in [3.63, 3.8) is 0 Å². The van der Waals surface area contributed by atoms with Crippen molar-refractivity contribution < 1.29 is 0 Å². The zero-order valence-electron chi connectivity index (χ0n) is 8.28. The van der Waals surface area contributed by atoms with Crippen molar-refractivity contribution >= 4 is 6.21 Å². The molecule has 2 rings (SSSR count). The van der Waals surface area contributed by atoms with Crippen molar-refractivity contribution in [1.82, 2.24) is 14.9 Å². The largest absolute Gasteiger partial charge is 0.202 e. The van der Waals surface area contributed by atoms with Gasteiger partial charge in [-0.1, -0.05) is 6.92 Å². The Morgan fingerprint density at radius 2 is 1.85 bits per heavy atom. The zero-order chi connectivity index (χ0) is 9.47. The standard InChI is InChI=1S/C9H14N4/c1-7-11-12-8(2)13(7)10-6-9(3)4-5-9/h6H,4-5H2,1-3H3/b10-6+. The van der Waals surface area contributed by atoms with Crippen LogP contribution >= 0.6 is 0 Å². The molecule has 1 fully saturated rings. The molecule has 1 aliphatic rings. The average Bonchev–Trinajstić information content (AvgIpc) is 2.72. The minimum atomic E-state index is 0.336. The molecule has 0 radical (unpaired) electrons. The first kappa shape index (κ1) is 8.41. The van der Waals surface area contributed by atoms with E-state index < -0.39 is 0 Å². The maximum Gasteiger partial charge on any atom is 0.151 e. The molecular weight excluding hydrogens is 164 g/mol. The van der Waals surface area contributed by atoms with Gasteiger partial charge in [0, 0.05) is 11.6 Å². The van der Waals surface area contributed by atoms with Gasteiger partial charge >= 0.3 is 0 Å². The van der Waals surface area contributed by atoms with Crippen molar-refractivity contribution in [2.75, 3.05) is 0 Å². The van der Waals surface area contributed by atoms with E-state index in [0.29, 0.717) is 5.41 Å². The highest BCUT2D eigenvalue weighted by molar-refractivity contribution is 5.68. The van der Waals surface area contributed by atoms with Gasteiger partial charge in [0.05, 0.1) is 0 Å². The minimum Gasteiger partial charge on any atom is -0.202 e. The molecule has 0 unspecified atom stereocenters. The molecule has 0 aliphatic heterocycles. The lowest BCUT2D eigenvalue weighted by atomic mass is 10.2. The van der Waals surface area contributed by atoms with Crippen LogP contribution in [-0.4, -0.2) is 21.1 Å². The molecule has 13 heavy (non-hydrogen) atoms. The van der Waals surface area contributed by atoms with Gasteiger partial charge in [0.2, 0.25) is 0 Å². The summed E-state index contributed by atoms with van der Waals surface area (Å²) in [6.07, 6.45) is 4.50. The molecule has 0 atom stereocenters. The van der Waals surface area contributed by atoms with E-state index >= 15 is 0 Å². The molecule has 0 saturated heterocycles. The van der Waals surface area contributed by atoms with E-state index in [1.54, 1.807) is 4.68 Å². The van der Waals surface area contributed by atoms with Crippen LogP contribution in [0.4, 0.5) is 0 Å². The molecule has 0 aromatic carbocycles. The van der Waals surface area contributed by atoms with Gasteiger partial charge in [0.25, 0.3) is 0 Å². The Bertz CT molecular complexity index is 327. The quantitative estimate of drug-likeness (QED) is 0.644. The Morgan fingerprint density at radius 1 is 1.31 bits per heavy atom. The lowest BCUT2D eigenvalue weighted by Gasteiger charge is -2.00. The second kappa shape index (κ2) is 2.65. The third-order valence-corrected chi connectivity index (χ3v) is 2.48. The van der Waals surface area contributed by atoms with E-state index in [9.17, 15) is 0 Å². The Labute approximate surface area is 77.7 Å². The summed E-state index contributed by atoms with van der Waals surface area (Å²) in [7, 11) is 0. The van der Waals surface area contributed by atoms with Crippen LogP contribution in [0.2, 0.25) is 0 Å². The van der Waals surface area contributed by atoms with Crippen LogP contribution in [0.15, 0.2) is 5.10 Å². The van der Waals surface area contributed by atoms with Crippen LogP contribution in [0.3, 0.4) is 0 Å². The van der Waals surface area contributed by atoms with Crippen molar-refractivity contribution in [2.24, 2.45) is 10.5 Å². The van der Waals surface area contributed by atoms with Gasteiger partial charge in [0.1, 0.15) is 0 Å². The minimum absolute atomic E-state index is 0.336. The van der Waals surface area contributed by atoms with Gasteiger partial charge in [-0.25, -0.2) is 4.68 Å². The molecule has 1 aromatic heterocycles. The van der Waals surface area contributed by atoms with Crippen LogP contribution in [0.5, 0.6) is 0 Å². The first-order valence-electron chi connectivity index (χ1n) is 4.55. The topological polar surface area (TPSA) is 43.1 Å². The Kier molecular flexibility index (Phi) is 1.71. The van der Waals surface area contributed by atoms with Gasteiger partial charge in [0.15, 0.2) is 11.6 Å². The smallest absolute Gasteiger partial charge is 0.151 e. The number of nitrogens with zero attached hydrogens (tertiary/aromatic N) is 4. The van der Waals surface area contributed by atoms with Gasteiger partial charge < -0.3 is 0 Å². The van der Waals surface area contributed by atoms with Crippen molar-refractivity contribution in [3.8, 4) is 0 Å². The molecule has 1 aliphatic carbocycles. The van der Waals surface area contributed by atoms with Gasteiger partial charge in [-0.3, -0.25) is 0 Å². The number of rotatable bonds is 2. The molecule has 0 bridgehead atoms. The highest BCUT2D eigenvalue weighted by Crippen LogP contribution is 2.42. The van der Waals surface area contributed by atoms with Gasteiger partial charge in [-0.05, 0) is 26.7 Å². The van der Waals surface area contributed by atoms with Crippen molar-refractivity contribution in [2.45, 2.75) is 33.6 Å². The van der Waals surface area contributed by atoms with Crippen LogP contribution in [0.25, 0.3) is 0 Å². The van der Waals surface area contributed by atoms with E-state index in [4.69, 9.17) is 0 Å². The fourth-order valence-electron chi connectivity index (χ4n) is 1.15. The molecule has 4 heteroatoms. The van der Waals surface area contributed by atoms with Crippen LogP contribution < -0.4 is 0 Å².